The number of aryl methyl sites for hydroxylation is 1. The van der Waals surface area contributed by atoms with Crippen LogP contribution in [0.15, 0.2) is 4.52 Å². The van der Waals surface area contributed by atoms with E-state index < -0.39 is 0 Å². The second-order valence-corrected chi connectivity index (χ2v) is 3.89. The molecule has 0 aromatic carbocycles. The average Bonchev–Trinajstić information content (AvgIpc) is 2.59. The normalized spacial score (nSPS) is 11.1. The maximum absolute atomic E-state index is 5.12. The molecule has 1 heterocycles. The van der Waals surface area contributed by atoms with Gasteiger partial charge in [0.2, 0.25) is 5.89 Å². The van der Waals surface area contributed by atoms with E-state index in [9.17, 15) is 0 Å². The van der Waals surface area contributed by atoms with E-state index in [1.54, 1.807) is 0 Å². The topological polar surface area (TPSA) is 51.0 Å². The molecule has 80 valence electrons. The van der Waals surface area contributed by atoms with Crippen molar-refractivity contribution in [2.45, 2.75) is 33.1 Å². The van der Waals surface area contributed by atoms with Crippen LogP contribution in [0.4, 0.5) is 0 Å². The van der Waals surface area contributed by atoms with Gasteiger partial charge in [-0.3, -0.25) is 0 Å². The van der Waals surface area contributed by atoms with Crippen LogP contribution in [0, 0.1) is 5.92 Å². The third-order valence-corrected chi connectivity index (χ3v) is 2.04. The number of rotatable bonds is 6. The Morgan fingerprint density at radius 2 is 2.14 bits per heavy atom. The van der Waals surface area contributed by atoms with E-state index in [1.165, 1.54) is 0 Å². The minimum absolute atomic E-state index is 0.683. The highest BCUT2D eigenvalue weighted by Crippen LogP contribution is 2.07. The molecule has 0 amide bonds. The predicted octanol–water partition coefficient (Wildman–Crippen LogP) is 1.42. The van der Waals surface area contributed by atoms with E-state index in [0.29, 0.717) is 5.92 Å². The smallest absolute Gasteiger partial charge is 0.226 e. The lowest BCUT2D eigenvalue weighted by Crippen LogP contribution is -2.11. The molecule has 0 aliphatic carbocycles. The number of hydrogen-bond acceptors (Lipinski definition) is 4. The molecular formula is C10H19N3O. The summed E-state index contributed by atoms with van der Waals surface area (Å²) in [6.45, 7) is 5.28. The molecule has 0 bridgehead atoms. The van der Waals surface area contributed by atoms with Gasteiger partial charge >= 0.3 is 0 Å². The molecule has 0 aliphatic rings. The lowest BCUT2D eigenvalue weighted by Gasteiger charge is -1.98. The van der Waals surface area contributed by atoms with Crippen molar-refractivity contribution >= 4 is 0 Å². The third kappa shape index (κ3) is 3.87. The van der Waals surface area contributed by atoms with Gasteiger partial charge in [0.15, 0.2) is 5.82 Å². The summed E-state index contributed by atoms with van der Waals surface area (Å²) in [6.07, 6.45) is 2.83. The molecule has 0 radical (unpaired) electrons. The summed E-state index contributed by atoms with van der Waals surface area (Å²) in [5.74, 6) is 2.26. The molecule has 0 spiro atoms. The van der Waals surface area contributed by atoms with Crippen LogP contribution < -0.4 is 5.32 Å². The molecule has 0 saturated heterocycles. The first-order valence-electron chi connectivity index (χ1n) is 5.18. The first-order valence-corrected chi connectivity index (χ1v) is 5.18. The van der Waals surface area contributed by atoms with Crippen LogP contribution in [-0.2, 0) is 12.8 Å². The molecule has 0 aliphatic heterocycles. The van der Waals surface area contributed by atoms with Gasteiger partial charge in [-0.25, -0.2) is 0 Å². The summed E-state index contributed by atoms with van der Waals surface area (Å²) in [6, 6.07) is 0. The zero-order valence-corrected chi connectivity index (χ0v) is 9.21. The molecule has 0 fully saturated rings. The summed E-state index contributed by atoms with van der Waals surface area (Å²) in [7, 11) is 1.92. The van der Waals surface area contributed by atoms with Gasteiger partial charge in [-0.05, 0) is 19.4 Å². The zero-order valence-electron chi connectivity index (χ0n) is 9.21. The highest BCUT2D eigenvalue weighted by Gasteiger charge is 2.06. The van der Waals surface area contributed by atoms with Crippen molar-refractivity contribution in [2.24, 2.45) is 5.92 Å². The summed E-state index contributed by atoms with van der Waals surface area (Å²) < 4.78 is 5.12. The summed E-state index contributed by atoms with van der Waals surface area (Å²) in [5.41, 5.74) is 0. The molecular weight excluding hydrogens is 178 g/mol. The van der Waals surface area contributed by atoms with Crippen LogP contribution in [0.1, 0.15) is 32.0 Å². The van der Waals surface area contributed by atoms with Crippen LogP contribution in [-0.4, -0.2) is 23.7 Å². The largest absolute Gasteiger partial charge is 0.339 e. The molecule has 4 nitrogen and oxygen atoms in total. The van der Waals surface area contributed by atoms with E-state index in [2.05, 4.69) is 29.3 Å². The number of hydrogen-bond donors (Lipinski definition) is 1. The summed E-state index contributed by atoms with van der Waals surface area (Å²) >= 11 is 0. The van der Waals surface area contributed by atoms with E-state index in [0.717, 1.165) is 37.5 Å². The van der Waals surface area contributed by atoms with Crippen molar-refractivity contribution in [1.82, 2.24) is 15.5 Å². The molecule has 0 atom stereocenters. The Morgan fingerprint density at radius 1 is 1.36 bits per heavy atom. The lowest BCUT2D eigenvalue weighted by atomic mass is 10.1. The van der Waals surface area contributed by atoms with Gasteiger partial charge in [0, 0.05) is 19.4 Å². The van der Waals surface area contributed by atoms with Gasteiger partial charge in [-0.2, -0.15) is 4.98 Å². The Kier molecular flexibility index (Phi) is 4.59. The maximum Gasteiger partial charge on any atom is 0.226 e. The number of likely N-dealkylation sites (N-methyl/N-ethyl adjacent to an activating group) is 1. The number of nitrogens with zero attached hydrogens (tertiary/aromatic N) is 2. The molecule has 1 N–H and O–H groups in total. The third-order valence-electron chi connectivity index (χ3n) is 2.04. The fourth-order valence-corrected chi connectivity index (χ4v) is 1.14. The van der Waals surface area contributed by atoms with E-state index in [4.69, 9.17) is 4.52 Å². The molecule has 0 saturated carbocycles. The maximum atomic E-state index is 5.12. The van der Waals surface area contributed by atoms with Crippen LogP contribution in [0.5, 0.6) is 0 Å². The Bertz CT molecular complexity index is 258. The van der Waals surface area contributed by atoms with Crippen molar-refractivity contribution in [3.63, 3.8) is 0 Å². The predicted molar refractivity (Wildman–Crippen MR) is 55.1 cm³/mol. The van der Waals surface area contributed by atoms with Crippen molar-refractivity contribution in [3.8, 4) is 0 Å². The minimum Gasteiger partial charge on any atom is -0.339 e. The Hall–Kier alpha value is -0.900. The van der Waals surface area contributed by atoms with Gasteiger partial charge < -0.3 is 9.84 Å². The van der Waals surface area contributed by atoms with Crippen LogP contribution in [0.25, 0.3) is 0 Å². The molecule has 14 heavy (non-hydrogen) atoms. The van der Waals surface area contributed by atoms with Crippen molar-refractivity contribution < 1.29 is 4.52 Å². The fourth-order valence-electron chi connectivity index (χ4n) is 1.14. The fraction of sp³-hybridized carbons (Fsp3) is 0.800. The first kappa shape index (κ1) is 11.2. The molecule has 1 aromatic rings. The first-order chi connectivity index (χ1) is 6.72. The van der Waals surface area contributed by atoms with Crippen LogP contribution in [0.2, 0.25) is 0 Å². The molecule has 0 unspecified atom stereocenters. The highest BCUT2D eigenvalue weighted by atomic mass is 16.5. The Morgan fingerprint density at radius 3 is 2.79 bits per heavy atom. The number of aromatic nitrogens is 2. The Balaban J connectivity index is 2.35. The van der Waals surface area contributed by atoms with Gasteiger partial charge in [0.1, 0.15) is 0 Å². The number of nitrogens with one attached hydrogen (secondary N) is 1. The van der Waals surface area contributed by atoms with Crippen molar-refractivity contribution in [2.75, 3.05) is 13.6 Å². The lowest BCUT2D eigenvalue weighted by molar-refractivity contribution is 0.363. The molecule has 1 aromatic heterocycles. The average molecular weight is 197 g/mol. The SMILES string of the molecule is CNCCc1noc(CCC(C)C)n1. The monoisotopic (exact) mass is 197 g/mol. The second kappa shape index (κ2) is 5.75. The molecule has 4 heteroatoms. The summed E-state index contributed by atoms with van der Waals surface area (Å²) in [5, 5.41) is 6.96. The van der Waals surface area contributed by atoms with Gasteiger partial charge in [-0.1, -0.05) is 19.0 Å². The van der Waals surface area contributed by atoms with Crippen LogP contribution in [0.3, 0.4) is 0 Å². The molecule has 1 rings (SSSR count). The van der Waals surface area contributed by atoms with Gasteiger partial charge in [0.05, 0.1) is 0 Å². The van der Waals surface area contributed by atoms with Gasteiger partial charge in [0.25, 0.3) is 0 Å². The minimum atomic E-state index is 0.683. The second-order valence-electron chi connectivity index (χ2n) is 3.89. The highest BCUT2D eigenvalue weighted by molar-refractivity contribution is 4.87. The zero-order chi connectivity index (χ0) is 10.4. The van der Waals surface area contributed by atoms with Gasteiger partial charge in [-0.15, -0.1) is 0 Å². The van der Waals surface area contributed by atoms with Crippen molar-refractivity contribution in [1.29, 1.82) is 0 Å². The van der Waals surface area contributed by atoms with E-state index >= 15 is 0 Å². The van der Waals surface area contributed by atoms with Crippen molar-refractivity contribution in [3.05, 3.63) is 11.7 Å². The van der Waals surface area contributed by atoms with E-state index in [1.807, 2.05) is 7.05 Å². The Labute approximate surface area is 85.1 Å². The quantitative estimate of drug-likeness (QED) is 0.749. The summed E-state index contributed by atoms with van der Waals surface area (Å²) in [4.78, 5) is 4.30. The van der Waals surface area contributed by atoms with Crippen LogP contribution >= 0.6 is 0 Å². The standard InChI is InChI=1S/C10H19N3O/c1-8(2)4-5-10-12-9(13-14-10)6-7-11-3/h8,11H,4-7H2,1-3H3. The van der Waals surface area contributed by atoms with E-state index in [-0.39, 0.29) is 0 Å².